The number of ether oxygens (including phenoxy) is 1. The Balaban J connectivity index is 2.92. The number of carbonyl (C=O) groups is 2. The van der Waals surface area contributed by atoms with Gasteiger partial charge in [-0.05, 0) is 0 Å². The van der Waals surface area contributed by atoms with Gasteiger partial charge in [-0.1, -0.05) is 0 Å². The van der Waals surface area contributed by atoms with Gasteiger partial charge in [0.2, 0.25) is 0 Å². The van der Waals surface area contributed by atoms with Gasteiger partial charge in [-0.25, -0.2) is 4.79 Å². The lowest BCUT2D eigenvalue weighted by Gasteiger charge is -2.14. The molecule has 8 nitrogen and oxygen atoms in total. The molecule has 17 heavy (non-hydrogen) atoms. The molecule has 92 valence electrons. The number of rotatable bonds is 3. The van der Waals surface area contributed by atoms with Crippen molar-refractivity contribution in [2.75, 3.05) is 20.7 Å². The van der Waals surface area contributed by atoms with E-state index in [4.69, 9.17) is 0 Å². The van der Waals surface area contributed by atoms with Crippen LogP contribution in [0.5, 0.6) is 0 Å². The van der Waals surface area contributed by atoms with Crippen LogP contribution in [-0.2, 0) is 9.53 Å². The number of nitrogens with one attached hydrogen (secondary N) is 2. The van der Waals surface area contributed by atoms with Crippen LogP contribution in [0.2, 0.25) is 0 Å². The smallest absolute Gasteiger partial charge is 0.326 e. The van der Waals surface area contributed by atoms with Crippen LogP contribution < -0.4 is 11.2 Å². The fraction of sp³-hybridized carbons (Fsp3) is 0.333. The normalized spacial score (nSPS) is 9.76. The molecule has 0 radical (unpaired) electrons. The van der Waals surface area contributed by atoms with Crippen molar-refractivity contribution >= 4 is 11.9 Å². The first-order valence-electron chi connectivity index (χ1n) is 4.60. The van der Waals surface area contributed by atoms with Gasteiger partial charge < -0.3 is 14.6 Å². The highest BCUT2D eigenvalue weighted by atomic mass is 16.5. The molecule has 0 aromatic carbocycles. The van der Waals surface area contributed by atoms with Crippen LogP contribution in [0.1, 0.15) is 10.5 Å². The average molecular weight is 241 g/mol. The van der Waals surface area contributed by atoms with Crippen molar-refractivity contribution in [2.24, 2.45) is 0 Å². The molecule has 0 atom stereocenters. The number of aromatic amines is 2. The summed E-state index contributed by atoms with van der Waals surface area (Å²) in [4.78, 5) is 49.7. The minimum absolute atomic E-state index is 0.190. The summed E-state index contributed by atoms with van der Waals surface area (Å²) >= 11 is 0. The first-order valence-corrected chi connectivity index (χ1v) is 4.60. The molecule has 0 saturated heterocycles. The van der Waals surface area contributed by atoms with Gasteiger partial charge in [0.1, 0.15) is 12.2 Å². The van der Waals surface area contributed by atoms with Crippen LogP contribution in [0.25, 0.3) is 0 Å². The second-order valence-corrected chi connectivity index (χ2v) is 3.24. The summed E-state index contributed by atoms with van der Waals surface area (Å²) in [6.45, 7) is -0.274. The molecule has 0 aliphatic rings. The summed E-state index contributed by atoms with van der Waals surface area (Å²) in [5, 5.41) is 0. The molecule has 8 heteroatoms. The van der Waals surface area contributed by atoms with Crippen molar-refractivity contribution in [1.29, 1.82) is 0 Å². The summed E-state index contributed by atoms with van der Waals surface area (Å²) in [6, 6.07) is 0.942. The number of nitrogens with zero attached hydrogens (tertiary/aromatic N) is 1. The van der Waals surface area contributed by atoms with Crippen molar-refractivity contribution in [3.05, 3.63) is 32.6 Å². The topological polar surface area (TPSA) is 112 Å². The highest BCUT2D eigenvalue weighted by molar-refractivity contribution is 5.93. The average Bonchev–Trinajstić information content (AvgIpc) is 2.26. The van der Waals surface area contributed by atoms with Crippen molar-refractivity contribution in [1.82, 2.24) is 14.9 Å². The van der Waals surface area contributed by atoms with Gasteiger partial charge in [-0.3, -0.25) is 19.4 Å². The lowest BCUT2D eigenvalue weighted by molar-refractivity contribution is -0.141. The largest absolute Gasteiger partial charge is 0.468 e. The number of likely N-dealkylation sites (N-methyl/N-ethyl adjacent to an activating group) is 1. The Morgan fingerprint density at radius 1 is 1.35 bits per heavy atom. The lowest BCUT2D eigenvalue weighted by atomic mass is 10.3. The highest BCUT2D eigenvalue weighted by Gasteiger charge is 2.16. The Labute approximate surface area is 95.2 Å². The van der Waals surface area contributed by atoms with Crippen LogP contribution in [0.3, 0.4) is 0 Å². The van der Waals surface area contributed by atoms with Crippen LogP contribution in [0, 0.1) is 0 Å². The number of methoxy groups -OCH3 is 1. The van der Waals surface area contributed by atoms with Crippen LogP contribution in [0.15, 0.2) is 15.7 Å². The predicted octanol–water partition coefficient (Wildman–Crippen LogP) is -1.69. The summed E-state index contributed by atoms with van der Waals surface area (Å²) in [5.41, 5.74) is -1.67. The fourth-order valence-electron chi connectivity index (χ4n) is 1.12. The van der Waals surface area contributed by atoms with Crippen LogP contribution in [-0.4, -0.2) is 47.4 Å². The van der Waals surface area contributed by atoms with E-state index < -0.39 is 23.1 Å². The van der Waals surface area contributed by atoms with E-state index in [9.17, 15) is 19.2 Å². The van der Waals surface area contributed by atoms with Crippen molar-refractivity contribution in [2.45, 2.75) is 0 Å². The van der Waals surface area contributed by atoms with E-state index >= 15 is 0 Å². The van der Waals surface area contributed by atoms with Gasteiger partial charge in [-0.15, -0.1) is 0 Å². The molecule has 1 aromatic heterocycles. The summed E-state index contributed by atoms with van der Waals surface area (Å²) in [5.74, 6) is -1.26. The molecule has 0 saturated carbocycles. The molecule has 2 N–H and O–H groups in total. The monoisotopic (exact) mass is 241 g/mol. The predicted molar refractivity (Wildman–Crippen MR) is 56.7 cm³/mol. The van der Waals surface area contributed by atoms with Crippen LogP contribution in [0.4, 0.5) is 0 Å². The van der Waals surface area contributed by atoms with Gasteiger partial charge >= 0.3 is 11.7 Å². The standard InChI is InChI=1S/C9H11N3O5/c1-12(4-7(14)17-2)8(15)5-3-6(13)11-9(16)10-5/h3H,4H2,1-2H3,(H2,10,11,13,16). The number of hydrogen-bond acceptors (Lipinski definition) is 5. The van der Waals surface area contributed by atoms with E-state index in [0.717, 1.165) is 11.0 Å². The number of aromatic nitrogens is 2. The second kappa shape index (κ2) is 5.10. The number of esters is 1. The minimum Gasteiger partial charge on any atom is -0.468 e. The molecule has 0 aliphatic carbocycles. The van der Waals surface area contributed by atoms with E-state index in [2.05, 4.69) is 9.72 Å². The zero-order valence-corrected chi connectivity index (χ0v) is 9.27. The summed E-state index contributed by atoms with van der Waals surface area (Å²) in [7, 11) is 2.54. The molecule has 0 spiro atoms. The molecule has 0 fully saturated rings. The minimum atomic E-state index is -0.785. The maximum absolute atomic E-state index is 11.7. The van der Waals surface area contributed by atoms with E-state index in [1.54, 1.807) is 0 Å². The first-order chi connectivity index (χ1) is 7.93. The third kappa shape index (κ3) is 3.30. The van der Waals surface area contributed by atoms with Gasteiger partial charge in [-0.2, -0.15) is 0 Å². The Kier molecular flexibility index (Phi) is 3.81. The summed E-state index contributed by atoms with van der Waals surface area (Å²) in [6.07, 6.45) is 0. The molecule has 1 amide bonds. The fourth-order valence-corrected chi connectivity index (χ4v) is 1.12. The molecule has 0 aliphatic heterocycles. The Morgan fingerprint density at radius 2 is 2.00 bits per heavy atom. The first kappa shape index (κ1) is 12.7. The van der Waals surface area contributed by atoms with Gasteiger partial charge in [0, 0.05) is 13.1 Å². The van der Waals surface area contributed by atoms with Gasteiger partial charge in [0.15, 0.2) is 0 Å². The van der Waals surface area contributed by atoms with E-state index in [-0.39, 0.29) is 12.2 Å². The molecule has 0 unspecified atom stereocenters. The molecular weight excluding hydrogens is 230 g/mol. The second-order valence-electron chi connectivity index (χ2n) is 3.24. The third-order valence-corrected chi connectivity index (χ3v) is 1.93. The number of H-pyrrole nitrogens is 2. The van der Waals surface area contributed by atoms with Gasteiger partial charge in [0.25, 0.3) is 11.5 Å². The highest BCUT2D eigenvalue weighted by Crippen LogP contribution is 1.95. The Hall–Kier alpha value is -2.38. The quantitative estimate of drug-likeness (QED) is 0.613. The lowest BCUT2D eigenvalue weighted by Crippen LogP contribution is -2.35. The van der Waals surface area contributed by atoms with Crippen molar-refractivity contribution in [3.63, 3.8) is 0 Å². The number of carbonyl (C=O) groups excluding carboxylic acids is 2. The number of hydrogen-bond donors (Lipinski definition) is 2. The Morgan fingerprint density at radius 3 is 2.53 bits per heavy atom. The maximum atomic E-state index is 11.7. The van der Waals surface area contributed by atoms with Crippen molar-refractivity contribution in [3.8, 4) is 0 Å². The maximum Gasteiger partial charge on any atom is 0.326 e. The molecular formula is C9H11N3O5. The van der Waals surface area contributed by atoms with Crippen molar-refractivity contribution < 1.29 is 14.3 Å². The number of amides is 1. The van der Waals surface area contributed by atoms with E-state index in [0.29, 0.717) is 0 Å². The zero-order chi connectivity index (χ0) is 13.0. The molecule has 0 bridgehead atoms. The zero-order valence-electron chi connectivity index (χ0n) is 9.27. The molecule has 1 rings (SSSR count). The molecule has 1 heterocycles. The summed E-state index contributed by atoms with van der Waals surface area (Å²) < 4.78 is 4.38. The molecule has 1 aromatic rings. The van der Waals surface area contributed by atoms with E-state index in [1.807, 2.05) is 4.98 Å². The third-order valence-electron chi connectivity index (χ3n) is 1.93. The van der Waals surface area contributed by atoms with Gasteiger partial charge in [0.05, 0.1) is 7.11 Å². The van der Waals surface area contributed by atoms with E-state index in [1.165, 1.54) is 14.2 Å². The SMILES string of the molecule is COC(=O)CN(C)C(=O)c1cc(=O)[nH]c(=O)[nH]1. The van der Waals surface area contributed by atoms with Crippen LogP contribution >= 0.6 is 0 Å². The Bertz CT molecular complexity index is 516.